The predicted molar refractivity (Wildman–Crippen MR) is 171 cm³/mol. The first-order valence-corrected chi connectivity index (χ1v) is 16.1. The number of fused-ring (bicyclic) bond motifs is 1. The number of benzene rings is 1. The molecule has 1 unspecified atom stereocenters. The molecule has 248 valence electrons. The molecular formula is C34H50N4O7. The molecule has 11 nitrogen and oxygen atoms in total. The Labute approximate surface area is 266 Å². The lowest BCUT2D eigenvalue weighted by atomic mass is 9.87. The molecule has 1 aromatic heterocycles. The summed E-state index contributed by atoms with van der Waals surface area (Å²) in [6.45, 7) is 10.7. The molecule has 3 amide bonds. The number of nitrogens with one attached hydrogen (secondary N) is 1. The zero-order valence-corrected chi connectivity index (χ0v) is 27.6. The standard InChI is InChI=1S/C34H50N4O7/c1-22(2)15-26(21-39)35-31(40)24-16-25(19-37(18-24)33(42)45-34(3,4)5)32(41)38(27-11-12-27)20-23-17-30(44-14-13-43-6)36-29-10-8-7-9-28(23)29/h7-10,17,22,24-27,39H,11-16,18-21H2,1-6H3,(H,35,40)/t24-,25+,26?/m0/s1. The third-order valence-corrected chi connectivity index (χ3v) is 8.07. The number of pyridine rings is 1. The molecule has 11 heteroatoms. The molecule has 2 aromatic rings. The van der Waals surface area contributed by atoms with E-state index in [4.69, 9.17) is 14.2 Å². The van der Waals surface area contributed by atoms with Crippen molar-refractivity contribution in [1.29, 1.82) is 0 Å². The summed E-state index contributed by atoms with van der Waals surface area (Å²) >= 11 is 0. The fourth-order valence-electron chi connectivity index (χ4n) is 5.86. The summed E-state index contributed by atoms with van der Waals surface area (Å²) in [5.41, 5.74) is 0.967. The second-order valence-electron chi connectivity index (χ2n) is 13.7. The van der Waals surface area contributed by atoms with Crippen molar-refractivity contribution >= 4 is 28.8 Å². The molecule has 0 radical (unpaired) electrons. The number of piperidine rings is 1. The number of carbonyl (C=O) groups is 3. The Balaban J connectivity index is 1.59. The molecule has 2 fully saturated rings. The lowest BCUT2D eigenvalue weighted by Crippen LogP contribution is -2.54. The van der Waals surface area contributed by atoms with Gasteiger partial charge in [0.1, 0.15) is 12.2 Å². The number of methoxy groups -OCH3 is 1. The highest BCUT2D eigenvalue weighted by Gasteiger charge is 2.43. The Morgan fingerprint density at radius 1 is 1.11 bits per heavy atom. The van der Waals surface area contributed by atoms with Crippen LogP contribution in [0, 0.1) is 17.8 Å². The summed E-state index contributed by atoms with van der Waals surface area (Å²) in [5.74, 6) is -0.822. The molecule has 4 rings (SSSR count). The largest absolute Gasteiger partial charge is 0.475 e. The van der Waals surface area contributed by atoms with Crippen LogP contribution in [0.25, 0.3) is 10.9 Å². The Morgan fingerprint density at radius 2 is 1.82 bits per heavy atom. The molecule has 0 bridgehead atoms. The number of nitrogens with zero attached hydrogens (tertiary/aromatic N) is 3. The molecule has 1 saturated heterocycles. The summed E-state index contributed by atoms with van der Waals surface area (Å²) in [7, 11) is 1.61. The highest BCUT2D eigenvalue weighted by Crippen LogP contribution is 2.35. The topological polar surface area (TPSA) is 131 Å². The van der Waals surface area contributed by atoms with Gasteiger partial charge in [0, 0.05) is 44.2 Å². The van der Waals surface area contributed by atoms with Gasteiger partial charge in [-0.25, -0.2) is 9.78 Å². The Bertz CT molecular complexity index is 1320. The molecule has 45 heavy (non-hydrogen) atoms. The average molecular weight is 627 g/mol. The van der Waals surface area contributed by atoms with Crippen LogP contribution >= 0.6 is 0 Å². The molecule has 2 heterocycles. The Hall–Kier alpha value is -3.44. The van der Waals surface area contributed by atoms with Gasteiger partial charge in [-0.1, -0.05) is 32.0 Å². The number of amides is 3. The normalized spacial score (nSPS) is 19.3. The van der Waals surface area contributed by atoms with E-state index in [2.05, 4.69) is 10.3 Å². The number of carbonyl (C=O) groups excluding carboxylic acids is 3. The third kappa shape index (κ3) is 9.77. The summed E-state index contributed by atoms with van der Waals surface area (Å²) in [6, 6.07) is 9.35. The van der Waals surface area contributed by atoms with E-state index >= 15 is 0 Å². The molecule has 0 spiro atoms. The van der Waals surface area contributed by atoms with E-state index in [0.717, 1.165) is 29.3 Å². The second kappa shape index (κ2) is 15.2. The van der Waals surface area contributed by atoms with Gasteiger partial charge in [0.25, 0.3) is 0 Å². The number of likely N-dealkylation sites (tertiary alicyclic amines) is 1. The summed E-state index contributed by atoms with van der Waals surface area (Å²) in [5, 5.41) is 13.8. The van der Waals surface area contributed by atoms with Crippen molar-refractivity contribution in [3.05, 3.63) is 35.9 Å². The van der Waals surface area contributed by atoms with Gasteiger partial charge >= 0.3 is 6.09 Å². The van der Waals surface area contributed by atoms with Crippen molar-refractivity contribution in [3.8, 4) is 5.88 Å². The molecule has 1 aliphatic heterocycles. The van der Waals surface area contributed by atoms with Crippen molar-refractivity contribution in [1.82, 2.24) is 20.1 Å². The van der Waals surface area contributed by atoms with Crippen molar-refractivity contribution in [2.75, 3.05) is 40.0 Å². The fourth-order valence-corrected chi connectivity index (χ4v) is 5.86. The SMILES string of the molecule is COCCOc1cc(CN(C(=O)[C@@H]2C[C@H](C(=O)NC(CO)CC(C)C)CN(C(=O)OC(C)(C)C)C2)C2CC2)c2ccccc2n1. The van der Waals surface area contributed by atoms with E-state index in [1.165, 1.54) is 4.90 Å². The van der Waals surface area contributed by atoms with E-state index in [0.29, 0.717) is 38.5 Å². The van der Waals surface area contributed by atoms with Crippen LogP contribution in [0.3, 0.4) is 0 Å². The van der Waals surface area contributed by atoms with Crippen LogP contribution < -0.4 is 10.1 Å². The van der Waals surface area contributed by atoms with E-state index in [9.17, 15) is 19.5 Å². The predicted octanol–water partition coefficient (Wildman–Crippen LogP) is 4.15. The average Bonchev–Trinajstić information content (AvgIpc) is 3.83. The molecule has 2 N–H and O–H groups in total. The minimum atomic E-state index is -0.726. The van der Waals surface area contributed by atoms with Crippen LogP contribution in [0.5, 0.6) is 5.88 Å². The zero-order valence-electron chi connectivity index (χ0n) is 27.6. The number of hydrogen-bond acceptors (Lipinski definition) is 8. The number of aliphatic hydroxyl groups is 1. The van der Waals surface area contributed by atoms with Crippen LogP contribution in [0.4, 0.5) is 4.79 Å². The third-order valence-electron chi connectivity index (χ3n) is 8.07. The van der Waals surface area contributed by atoms with E-state index in [1.54, 1.807) is 27.9 Å². The summed E-state index contributed by atoms with van der Waals surface area (Å²) in [6.07, 6.45) is 2.17. The molecule has 1 aliphatic carbocycles. The van der Waals surface area contributed by atoms with Crippen LogP contribution in [0.1, 0.15) is 65.9 Å². The van der Waals surface area contributed by atoms with Crippen LogP contribution in [-0.2, 0) is 25.6 Å². The van der Waals surface area contributed by atoms with Gasteiger partial charge in [-0.3, -0.25) is 9.59 Å². The Kier molecular flexibility index (Phi) is 11.7. The molecule has 1 saturated carbocycles. The van der Waals surface area contributed by atoms with Crippen molar-refractivity contribution < 1.29 is 33.7 Å². The number of para-hydroxylation sites is 1. The maximum atomic E-state index is 14.4. The first-order chi connectivity index (χ1) is 21.4. The van der Waals surface area contributed by atoms with Gasteiger partial charge < -0.3 is 34.4 Å². The maximum absolute atomic E-state index is 14.4. The van der Waals surface area contributed by atoms with Gasteiger partial charge in [0.2, 0.25) is 17.7 Å². The van der Waals surface area contributed by atoms with Gasteiger partial charge in [-0.05, 0) is 64.0 Å². The number of hydrogen-bond donors (Lipinski definition) is 2. The molecular weight excluding hydrogens is 576 g/mol. The smallest absolute Gasteiger partial charge is 0.410 e. The molecule has 3 atom stereocenters. The van der Waals surface area contributed by atoms with Crippen LogP contribution in [-0.4, -0.2) is 95.5 Å². The van der Waals surface area contributed by atoms with E-state index < -0.39 is 29.6 Å². The monoisotopic (exact) mass is 626 g/mol. The van der Waals surface area contributed by atoms with Crippen molar-refractivity contribution in [3.63, 3.8) is 0 Å². The summed E-state index contributed by atoms with van der Waals surface area (Å²) in [4.78, 5) is 49.2. The molecule has 2 aliphatic rings. The van der Waals surface area contributed by atoms with Crippen molar-refractivity contribution in [2.24, 2.45) is 17.8 Å². The van der Waals surface area contributed by atoms with Gasteiger partial charge in [0.05, 0.1) is 36.6 Å². The fraction of sp³-hybridized carbons (Fsp3) is 0.647. The van der Waals surface area contributed by atoms with E-state index in [1.807, 2.05) is 49.1 Å². The minimum absolute atomic E-state index is 0.0799. The number of rotatable bonds is 13. The number of aromatic nitrogens is 1. The Morgan fingerprint density at radius 3 is 2.47 bits per heavy atom. The lowest BCUT2D eigenvalue weighted by molar-refractivity contribution is -0.140. The lowest BCUT2D eigenvalue weighted by Gasteiger charge is -2.39. The minimum Gasteiger partial charge on any atom is -0.475 e. The van der Waals surface area contributed by atoms with Crippen LogP contribution in [0.2, 0.25) is 0 Å². The molecule has 1 aromatic carbocycles. The first-order valence-electron chi connectivity index (χ1n) is 16.1. The van der Waals surface area contributed by atoms with Gasteiger partial charge in [-0.2, -0.15) is 0 Å². The van der Waals surface area contributed by atoms with Crippen molar-refractivity contribution in [2.45, 2.75) is 84.5 Å². The van der Waals surface area contributed by atoms with Gasteiger partial charge in [-0.15, -0.1) is 0 Å². The number of ether oxygens (including phenoxy) is 3. The maximum Gasteiger partial charge on any atom is 0.410 e. The zero-order chi connectivity index (χ0) is 32.7. The van der Waals surface area contributed by atoms with Gasteiger partial charge in [0.15, 0.2) is 0 Å². The summed E-state index contributed by atoms with van der Waals surface area (Å²) < 4.78 is 16.6. The van der Waals surface area contributed by atoms with Crippen LogP contribution in [0.15, 0.2) is 30.3 Å². The second-order valence-corrected chi connectivity index (χ2v) is 13.7. The highest BCUT2D eigenvalue weighted by atomic mass is 16.6. The number of aliphatic hydroxyl groups excluding tert-OH is 1. The first kappa shape index (κ1) is 34.4. The highest BCUT2D eigenvalue weighted by molar-refractivity contribution is 5.86. The quantitative estimate of drug-likeness (QED) is 0.317. The van der Waals surface area contributed by atoms with E-state index in [-0.39, 0.29) is 43.5 Å².